The highest BCUT2D eigenvalue weighted by molar-refractivity contribution is 5.98. The number of carbonyl (C=O) groups is 1. The van der Waals surface area contributed by atoms with Crippen LogP contribution >= 0.6 is 0 Å². The molecule has 0 bridgehead atoms. The van der Waals surface area contributed by atoms with Gasteiger partial charge in [-0.15, -0.1) is 0 Å². The molecule has 11 heteroatoms. The Balaban J connectivity index is 1.36. The van der Waals surface area contributed by atoms with Crippen LogP contribution in [0.2, 0.25) is 0 Å². The average molecular weight is 564 g/mol. The molecule has 6 rings (SSSR count). The third-order valence-electron chi connectivity index (χ3n) is 6.92. The topological polar surface area (TPSA) is 128 Å². The molecule has 0 saturated carbocycles. The number of carbonyl (C=O) groups excluding carboxylic acids is 1. The van der Waals surface area contributed by atoms with E-state index in [4.69, 9.17) is 4.98 Å². The van der Waals surface area contributed by atoms with Gasteiger partial charge in [0, 0.05) is 54.1 Å². The van der Waals surface area contributed by atoms with E-state index in [1.165, 1.54) is 12.1 Å². The zero-order valence-electron chi connectivity index (χ0n) is 23.5. The first kappa shape index (κ1) is 27.0. The number of aromatic nitrogens is 6. The van der Waals surface area contributed by atoms with Crippen molar-refractivity contribution in [3.05, 3.63) is 72.9 Å². The van der Waals surface area contributed by atoms with E-state index >= 15 is 0 Å². The molecule has 0 aliphatic heterocycles. The number of rotatable bonds is 9. The summed E-state index contributed by atoms with van der Waals surface area (Å²) in [4.78, 5) is 31.0. The van der Waals surface area contributed by atoms with E-state index < -0.39 is 0 Å². The first-order chi connectivity index (χ1) is 20.4. The molecule has 4 aromatic heterocycles. The first-order valence-electron chi connectivity index (χ1n) is 13.7. The fraction of sp³-hybridized carbons (Fsp3) is 0.194. The molecule has 0 aliphatic carbocycles. The predicted molar refractivity (Wildman–Crippen MR) is 164 cm³/mol. The molecule has 0 atom stereocenters. The van der Waals surface area contributed by atoms with Crippen molar-refractivity contribution < 1.29 is 9.18 Å². The molecule has 2 aromatic carbocycles. The molecule has 42 heavy (non-hydrogen) atoms. The Kier molecular flexibility index (Phi) is 7.32. The van der Waals surface area contributed by atoms with E-state index in [1.807, 2.05) is 50.5 Å². The third-order valence-corrected chi connectivity index (χ3v) is 6.92. The smallest absolute Gasteiger partial charge is 0.224 e. The predicted octanol–water partition coefficient (Wildman–Crippen LogP) is 5.69. The Morgan fingerprint density at radius 2 is 1.81 bits per heavy atom. The summed E-state index contributed by atoms with van der Waals surface area (Å²) in [5.41, 5.74) is 7.15. The summed E-state index contributed by atoms with van der Waals surface area (Å²) in [6, 6.07) is 14.5. The van der Waals surface area contributed by atoms with Crippen LogP contribution in [0.4, 0.5) is 15.8 Å². The minimum Gasteiger partial charge on any atom is -0.384 e. The fourth-order valence-corrected chi connectivity index (χ4v) is 4.80. The molecule has 0 saturated heterocycles. The van der Waals surface area contributed by atoms with Crippen molar-refractivity contribution in [1.29, 1.82) is 0 Å². The summed E-state index contributed by atoms with van der Waals surface area (Å²) < 4.78 is 14.6. The molecule has 0 spiro atoms. The standard InChI is InChI=1S/C31H30FN9O/c1-4-27(42)36-23-13-20(16-33-17-23)18-5-6-25-24(14-18)29(40-39-25)31-37-26-7-8-35-28(30(26)38-31)19-11-21(32)15-22(12-19)34-9-10-41(2)3/h5-8,11-17,34H,4,9-10H2,1-3H3,(H,36,42)(H,37,38)(H,39,40). The van der Waals surface area contributed by atoms with E-state index in [1.54, 1.807) is 25.5 Å². The number of hydrogen-bond donors (Lipinski definition) is 4. The summed E-state index contributed by atoms with van der Waals surface area (Å²) >= 11 is 0. The number of likely N-dealkylation sites (N-methyl/N-ethyl adjacent to an activating group) is 1. The van der Waals surface area contributed by atoms with Gasteiger partial charge in [0.25, 0.3) is 0 Å². The van der Waals surface area contributed by atoms with Crippen molar-refractivity contribution in [2.75, 3.05) is 37.8 Å². The van der Waals surface area contributed by atoms with Crippen molar-refractivity contribution in [2.45, 2.75) is 13.3 Å². The van der Waals surface area contributed by atoms with Crippen LogP contribution in [0.15, 0.2) is 67.1 Å². The summed E-state index contributed by atoms with van der Waals surface area (Å²) in [6.07, 6.45) is 5.45. The van der Waals surface area contributed by atoms with E-state index in [-0.39, 0.29) is 11.7 Å². The van der Waals surface area contributed by atoms with Crippen LogP contribution in [0.3, 0.4) is 0 Å². The second-order valence-electron chi connectivity index (χ2n) is 10.3. The zero-order chi connectivity index (χ0) is 29.2. The number of nitrogens with zero attached hydrogens (tertiary/aromatic N) is 5. The highest BCUT2D eigenvalue weighted by Crippen LogP contribution is 2.33. The van der Waals surface area contributed by atoms with Crippen LogP contribution in [-0.4, -0.2) is 68.1 Å². The van der Waals surface area contributed by atoms with Gasteiger partial charge < -0.3 is 20.5 Å². The highest BCUT2D eigenvalue weighted by Gasteiger charge is 2.17. The van der Waals surface area contributed by atoms with Gasteiger partial charge in [0.05, 0.1) is 28.6 Å². The van der Waals surface area contributed by atoms with Gasteiger partial charge in [-0.1, -0.05) is 13.0 Å². The Morgan fingerprint density at radius 1 is 0.952 bits per heavy atom. The molecule has 4 heterocycles. The van der Waals surface area contributed by atoms with Crippen molar-refractivity contribution in [3.63, 3.8) is 0 Å². The molecule has 0 unspecified atom stereocenters. The third kappa shape index (κ3) is 5.54. The van der Waals surface area contributed by atoms with Crippen molar-refractivity contribution in [3.8, 4) is 33.9 Å². The van der Waals surface area contributed by atoms with Crippen LogP contribution in [-0.2, 0) is 4.79 Å². The van der Waals surface area contributed by atoms with Gasteiger partial charge in [-0.2, -0.15) is 5.10 Å². The van der Waals surface area contributed by atoms with Gasteiger partial charge >= 0.3 is 0 Å². The molecule has 1 amide bonds. The van der Waals surface area contributed by atoms with Crippen molar-refractivity contribution in [1.82, 2.24) is 35.0 Å². The summed E-state index contributed by atoms with van der Waals surface area (Å²) in [5.74, 6) is 0.133. The van der Waals surface area contributed by atoms with Crippen LogP contribution in [0.5, 0.6) is 0 Å². The van der Waals surface area contributed by atoms with Crippen LogP contribution in [0.25, 0.3) is 55.8 Å². The van der Waals surface area contributed by atoms with Crippen molar-refractivity contribution >= 4 is 39.2 Å². The largest absolute Gasteiger partial charge is 0.384 e. The lowest BCUT2D eigenvalue weighted by Crippen LogP contribution is -2.20. The number of pyridine rings is 2. The molecule has 0 fully saturated rings. The summed E-state index contributed by atoms with van der Waals surface area (Å²) in [5, 5.41) is 14.6. The van der Waals surface area contributed by atoms with Gasteiger partial charge in [-0.3, -0.25) is 19.9 Å². The lowest BCUT2D eigenvalue weighted by molar-refractivity contribution is -0.115. The van der Waals surface area contributed by atoms with E-state index in [2.05, 4.69) is 40.7 Å². The van der Waals surface area contributed by atoms with Gasteiger partial charge in [0.2, 0.25) is 5.91 Å². The Bertz CT molecular complexity index is 1910. The SMILES string of the molecule is CCC(=O)Nc1cncc(-c2ccc3[nH]nc(-c4nc5c(-c6cc(F)cc(NCCN(C)C)c6)nccc5[nH]4)c3c2)c1. The average Bonchev–Trinajstić information content (AvgIpc) is 3.60. The molecule has 4 N–H and O–H groups in total. The number of aromatic amines is 2. The molecule has 0 radical (unpaired) electrons. The molecule has 212 valence electrons. The van der Waals surface area contributed by atoms with E-state index in [0.717, 1.165) is 34.1 Å². The van der Waals surface area contributed by atoms with Gasteiger partial charge in [-0.25, -0.2) is 9.37 Å². The number of benzene rings is 2. The first-order valence-corrected chi connectivity index (χ1v) is 13.7. The van der Waals surface area contributed by atoms with E-state index in [9.17, 15) is 9.18 Å². The molecular formula is C31H30FN9O. The maximum Gasteiger partial charge on any atom is 0.224 e. The number of H-pyrrole nitrogens is 2. The molecule has 0 aliphatic rings. The Morgan fingerprint density at radius 3 is 2.64 bits per heavy atom. The lowest BCUT2D eigenvalue weighted by atomic mass is 10.0. The van der Waals surface area contributed by atoms with Crippen LogP contribution in [0, 0.1) is 5.82 Å². The number of fused-ring (bicyclic) bond motifs is 2. The van der Waals surface area contributed by atoms with Gasteiger partial charge in [-0.05, 0) is 62.1 Å². The number of hydrogen-bond acceptors (Lipinski definition) is 7. The Labute approximate surface area is 241 Å². The number of anilines is 2. The maximum atomic E-state index is 14.6. The molecular weight excluding hydrogens is 533 g/mol. The number of halogens is 1. The van der Waals surface area contributed by atoms with Crippen LogP contribution in [0.1, 0.15) is 13.3 Å². The number of amides is 1. The lowest BCUT2D eigenvalue weighted by Gasteiger charge is -2.12. The normalized spacial score (nSPS) is 11.5. The second kappa shape index (κ2) is 11.4. The maximum absolute atomic E-state index is 14.6. The van der Waals surface area contributed by atoms with Gasteiger partial charge in [0.15, 0.2) is 5.82 Å². The molecule has 6 aromatic rings. The highest BCUT2D eigenvalue weighted by atomic mass is 19.1. The minimum atomic E-state index is -0.354. The van der Waals surface area contributed by atoms with Gasteiger partial charge in [0.1, 0.15) is 17.0 Å². The zero-order valence-corrected chi connectivity index (χ0v) is 23.5. The minimum absolute atomic E-state index is 0.0738. The monoisotopic (exact) mass is 563 g/mol. The number of nitrogens with one attached hydrogen (secondary N) is 4. The second-order valence-corrected chi connectivity index (χ2v) is 10.3. The van der Waals surface area contributed by atoms with Crippen molar-refractivity contribution in [2.24, 2.45) is 0 Å². The fourth-order valence-electron chi connectivity index (χ4n) is 4.80. The Hall–Kier alpha value is -5.16. The number of imidazole rings is 1. The van der Waals surface area contributed by atoms with E-state index in [0.29, 0.717) is 52.6 Å². The van der Waals surface area contributed by atoms with Crippen LogP contribution < -0.4 is 10.6 Å². The summed E-state index contributed by atoms with van der Waals surface area (Å²) in [7, 11) is 3.98. The summed E-state index contributed by atoms with van der Waals surface area (Å²) in [6.45, 7) is 3.30. The quantitative estimate of drug-likeness (QED) is 0.178. The molecule has 10 nitrogen and oxygen atoms in total.